The summed E-state index contributed by atoms with van der Waals surface area (Å²) in [6, 6.07) is 6.45. The van der Waals surface area contributed by atoms with Crippen LogP contribution in [0.25, 0.3) is 10.9 Å². The Hall–Kier alpha value is -1.57. The second-order valence-electron chi connectivity index (χ2n) is 4.46. The molecule has 0 unspecified atom stereocenters. The molecule has 0 atom stereocenters. The topological polar surface area (TPSA) is 24.9 Å². The first-order valence-electron chi connectivity index (χ1n) is 6.31. The van der Waals surface area contributed by atoms with Crippen molar-refractivity contribution in [3.63, 3.8) is 0 Å². The summed E-state index contributed by atoms with van der Waals surface area (Å²) in [7, 11) is 0. The fourth-order valence-corrected chi connectivity index (χ4v) is 2.35. The number of nitrogens with zero attached hydrogens (tertiary/aromatic N) is 1. The SMILES string of the molecule is CCNc1c(CC)c(C)nc2ccc(C)cc12. The van der Waals surface area contributed by atoms with Crippen LogP contribution in [0.4, 0.5) is 5.69 Å². The van der Waals surface area contributed by atoms with Crippen LogP contribution in [0.2, 0.25) is 0 Å². The Morgan fingerprint density at radius 3 is 2.59 bits per heavy atom. The summed E-state index contributed by atoms with van der Waals surface area (Å²) in [5, 5.41) is 4.74. The molecule has 0 aliphatic rings. The van der Waals surface area contributed by atoms with E-state index in [1.807, 2.05) is 0 Å². The number of hydrogen-bond donors (Lipinski definition) is 1. The molecule has 0 fully saturated rings. The number of benzene rings is 1. The van der Waals surface area contributed by atoms with Crippen molar-refractivity contribution in [3.8, 4) is 0 Å². The Kier molecular flexibility index (Phi) is 3.32. The van der Waals surface area contributed by atoms with E-state index in [4.69, 9.17) is 4.98 Å². The first-order valence-corrected chi connectivity index (χ1v) is 6.31. The number of rotatable bonds is 3. The van der Waals surface area contributed by atoms with Gasteiger partial charge in [-0.2, -0.15) is 0 Å². The van der Waals surface area contributed by atoms with Gasteiger partial charge in [-0.05, 0) is 44.9 Å². The van der Waals surface area contributed by atoms with E-state index in [0.717, 1.165) is 24.2 Å². The average Bonchev–Trinajstić information content (AvgIpc) is 2.30. The zero-order chi connectivity index (χ0) is 12.4. The van der Waals surface area contributed by atoms with Crippen molar-refractivity contribution < 1.29 is 0 Å². The molecule has 0 aliphatic heterocycles. The molecule has 0 amide bonds. The molecular formula is C15H20N2. The third kappa shape index (κ3) is 2.12. The van der Waals surface area contributed by atoms with E-state index in [0.29, 0.717) is 0 Å². The summed E-state index contributed by atoms with van der Waals surface area (Å²) < 4.78 is 0. The van der Waals surface area contributed by atoms with Crippen LogP contribution in [-0.4, -0.2) is 11.5 Å². The van der Waals surface area contributed by atoms with E-state index in [1.165, 1.54) is 22.2 Å². The minimum atomic E-state index is 0.944. The Morgan fingerprint density at radius 1 is 1.18 bits per heavy atom. The van der Waals surface area contributed by atoms with Crippen molar-refractivity contribution in [1.29, 1.82) is 0 Å². The number of pyridine rings is 1. The lowest BCUT2D eigenvalue weighted by molar-refractivity contribution is 1.06. The van der Waals surface area contributed by atoms with Crippen LogP contribution in [0.3, 0.4) is 0 Å². The number of anilines is 1. The Bertz CT molecular complexity index is 544. The first kappa shape index (κ1) is 11.9. The van der Waals surface area contributed by atoms with E-state index in [1.54, 1.807) is 0 Å². The smallest absolute Gasteiger partial charge is 0.0726 e. The molecule has 0 bridgehead atoms. The summed E-state index contributed by atoms with van der Waals surface area (Å²) in [6.07, 6.45) is 1.02. The van der Waals surface area contributed by atoms with Crippen molar-refractivity contribution in [1.82, 2.24) is 4.98 Å². The van der Waals surface area contributed by atoms with Gasteiger partial charge in [0.05, 0.1) is 5.52 Å². The van der Waals surface area contributed by atoms with E-state index < -0.39 is 0 Å². The maximum atomic E-state index is 4.69. The molecule has 17 heavy (non-hydrogen) atoms. The van der Waals surface area contributed by atoms with Gasteiger partial charge in [-0.15, -0.1) is 0 Å². The normalized spacial score (nSPS) is 10.8. The number of aromatic nitrogens is 1. The number of nitrogens with one attached hydrogen (secondary N) is 1. The average molecular weight is 228 g/mol. The van der Waals surface area contributed by atoms with Crippen molar-refractivity contribution >= 4 is 16.6 Å². The van der Waals surface area contributed by atoms with E-state index in [2.05, 4.69) is 51.2 Å². The molecule has 2 aromatic rings. The number of aryl methyl sites for hydroxylation is 2. The van der Waals surface area contributed by atoms with E-state index in [9.17, 15) is 0 Å². The second kappa shape index (κ2) is 4.74. The lowest BCUT2D eigenvalue weighted by atomic mass is 10.0. The number of fused-ring (bicyclic) bond motifs is 1. The van der Waals surface area contributed by atoms with Crippen LogP contribution in [0, 0.1) is 13.8 Å². The van der Waals surface area contributed by atoms with Crippen molar-refractivity contribution in [2.75, 3.05) is 11.9 Å². The first-order chi connectivity index (χ1) is 8.17. The molecular weight excluding hydrogens is 208 g/mol. The molecule has 0 saturated heterocycles. The standard InChI is InChI=1S/C15H20N2/c1-5-12-11(4)17-14-8-7-10(3)9-13(14)15(12)16-6-2/h7-9H,5-6H2,1-4H3,(H,16,17). The molecule has 1 N–H and O–H groups in total. The predicted octanol–water partition coefficient (Wildman–Crippen LogP) is 3.85. The molecule has 0 saturated carbocycles. The minimum absolute atomic E-state index is 0.944. The molecule has 1 aromatic heterocycles. The molecule has 2 heteroatoms. The van der Waals surface area contributed by atoms with Crippen molar-refractivity contribution in [2.45, 2.75) is 34.1 Å². The van der Waals surface area contributed by atoms with Gasteiger partial charge in [0.1, 0.15) is 0 Å². The third-order valence-corrected chi connectivity index (χ3v) is 3.16. The molecule has 1 aromatic carbocycles. The zero-order valence-corrected chi connectivity index (χ0v) is 11.1. The molecule has 2 nitrogen and oxygen atoms in total. The fraction of sp³-hybridized carbons (Fsp3) is 0.400. The Morgan fingerprint density at radius 2 is 1.94 bits per heavy atom. The third-order valence-electron chi connectivity index (χ3n) is 3.16. The molecule has 1 heterocycles. The highest BCUT2D eigenvalue weighted by atomic mass is 14.9. The highest BCUT2D eigenvalue weighted by Crippen LogP contribution is 2.29. The molecule has 2 rings (SSSR count). The summed E-state index contributed by atoms with van der Waals surface area (Å²) in [6.45, 7) is 9.49. The highest BCUT2D eigenvalue weighted by molar-refractivity contribution is 5.93. The highest BCUT2D eigenvalue weighted by Gasteiger charge is 2.10. The van der Waals surface area contributed by atoms with Crippen LogP contribution in [0.1, 0.15) is 30.7 Å². The summed E-state index contributed by atoms with van der Waals surface area (Å²) in [4.78, 5) is 4.69. The van der Waals surface area contributed by atoms with Crippen molar-refractivity contribution in [3.05, 3.63) is 35.0 Å². The quantitative estimate of drug-likeness (QED) is 0.863. The minimum Gasteiger partial charge on any atom is -0.384 e. The van der Waals surface area contributed by atoms with Crippen LogP contribution >= 0.6 is 0 Å². The fourth-order valence-electron chi connectivity index (χ4n) is 2.35. The van der Waals surface area contributed by atoms with Gasteiger partial charge in [-0.25, -0.2) is 0 Å². The van der Waals surface area contributed by atoms with Crippen LogP contribution in [0.15, 0.2) is 18.2 Å². The maximum absolute atomic E-state index is 4.69. The molecule has 90 valence electrons. The van der Waals surface area contributed by atoms with Gasteiger partial charge in [-0.1, -0.05) is 18.6 Å². The van der Waals surface area contributed by atoms with Crippen LogP contribution in [-0.2, 0) is 6.42 Å². The monoisotopic (exact) mass is 228 g/mol. The Balaban J connectivity index is 2.79. The van der Waals surface area contributed by atoms with Crippen molar-refractivity contribution in [2.24, 2.45) is 0 Å². The summed E-state index contributed by atoms with van der Waals surface area (Å²) in [5.74, 6) is 0. The Labute approximate surface area is 103 Å². The second-order valence-corrected chi connectivity index (χ2v) is 4.46. The summed E-state index contributed by atoms with van der Waals surface area (Å²) in [5.41, 5.74) is 6.11. The van der Waals surface area contributed by atoms with Gasteiger partial charge < -0.3 is 5.32 Å². The predicted molar refractivity (Wildman–Crippen MR) is 74.8 cm³/mol. The zero-order valence-electron chi connectivity index (χ0n) is 11.1. The lowest BCUT2D eigenvalue weighted by Gasteiger charge is -2.15. The largest absolute Gasteiger partial charge is 0.384 e. The molecule has 0 aliphatic carbocycles. The molecule has 0 spiro atoms. The van der Waals surface area contributed by atoms with Gasteiger partial charge >= 0.3 is 0 Å². The summed E-state index contributed by atoms with van der Waals surface area (Å²) >= 11 is 0. The van der Waals surface area contributed by atoms with Crippen LogP contribution < -0.4 is 5.32 Å². The van der Waals surface area contributed by atoms with Gasteiger partial charge in [0, 0.05) is 23.3 Å². The number of hydrogen-bond acceptors (Lipinski definition) is 2. The van der Waals surface area contributed by atoms with Gasteiger partial charge in [-0.3, -0.25) is 4.98 Å². The molecule has 0 radical (unpaired) electrons. The van der Waals surface area contributed by atoms with Gasteiger partial charge in [0.15, 0.2) is 0 Å². The van der Waals surface area contributed by atoms with Crippen LogP contribution in [0.5, 0.6) is 0 Å². The lowest BCUT2D eigenvalue weighted by Crippen LogP contribution is -2.05. The van der Waals surface area contributed by atoms with E-state index in [-0.39, 0.29) is 0 Å². The maximum Gasteiger partial charge on any atom is 0.0726 e. The van der Waals surface area contributed by atoms with E-state index >= 15 is 0 Å². The van der Waals surface area contributed by atoms with Gasteiger partial charge in [0.2, 0.25) is 0 Å². The van der Waals surface area contributed by atoms with Gasteiger partial charge in [0.25, 0.3) is 0 Å².